The number of carbonyl (C=O) groups is 2. The van der Waals surface area contributed by atoms with Crippen molar-refractivity contribution in [2.24, 2.45) is 0 Å². The van der Waals surface area contributed by atoms with Gasteiger partial charge in [0.2, 0.25) is 6.79 Å². The summed E-state index contributed by atoms with van der Waals surface area (Å²) in [6.45, 7) is 1.44. The molecule has 162 valence electrons. The topological polar surface area (TPSA) is 157 Å². The molecule has 0 radical (unpaired) electrons. The molecular weight excluding hydrogens is 474 g/mol. The molecule has 0 atom stereocenters. The quantitative estimate of drug-likeness (QED) is 0.476. The fourth-order valence-electron chi connectivity index (χ4n) is 2.68. The van der Waals surface area contributed by atoms with Crippen LogP contribution in [0.15, 0.2) is 33.0 Å². The highest BCUT2D eigenvalue weighted by Gasteiger charge is 2.28. The Hall–Kier alpha value is -3.29. The van der Waals surface area contributed by atoms with Gasteiger partial charge in [-0.25, -0.2) is 17.9 Å². The lowest BCUT2D eigenvalue weighted by molar-refractivity contribution is 0.0697. The molecule has 3 N–H and O–H groups in total. The van der Waals surface area contributed by atoms with E-state index in [1.54, 1.807) is 0 Å². The number of nitrogens with one attached hydrogen (secondary N) is 2. The molecule has 3 heterocycles. The normalized spacial score (nSPS) is 12.6. The van der Waals surface area contributed by atoms with Gasteiger partial charge >= 0.3 is 5.97 Å². The van der Waals surface area contributed by atoms with Gasteiger partial charge < -0.3 is 24.4 Å². The van der Waals surface area contributed by atoms with E-state index in [2.05, 4.69) is 15.2 Å². The van der Waals surface area contributed by atoms with Gasteiger partial charge in [0.15, 0.2) is 11.5 Å². The molecule has 1 aromatic carbocycles. The Morgan fingerprint density at radius 3 is 2.61 bits per heavy atom. The number of halogens is 1. The molecular formula is C17H12ClN3O8S2. The number of nitrogens with zero attached hydrogens (tertiary/aromatic N) is 1. The van der Waals surface area contributed by atoms with E-state index in [-0.39, 0.29) is 55.9 Å². The van der Waals surface area contributed by atoms with Crippen molar-refractivity contribution in [2.75, 3.05) is 16.8 Å². The fraction of sp³-hybridized carbons (Fsp3) is 0.118. The minimum Gasteiger partial charge on any atom is -0.478 e. The fourth-order valence-corrected chi connectivity index (χ4v) is 5.17. The van der Waals surface area contributed by atoms with Gasteiger partial charge in [0.1, 0.15) is 20.5 Å². The summed E-state index contributed by atoms with van der Waals surface area (Å²) < 4.78 is 42.9. The van der Waals surface area contributed by atoms with E-state index in [4.69, 9.17) is 25.6 Å². The van der Waals surface area contributed by atoms with Crippen molar-refractivity contribution in [3.05, 3.63) is 44.7 Å². The number of anilines is 2. The largest absolute Gasteiger partial charge is 0.478 e. The molecule has 0 fully saturated rings. The van der Waals surface area contributed by atoms with E-state index in [1.165, 1.54) is 30.5 Å². The van der Waals surface area contributed by atoms with Gasteiger partial charge in [-0.3, -0.25) is 4.79 Å². The smallest absolute Gasteiger partial charge is 0.337 e. The molecule has 3 aromatic rings. The number of carbonyl (C=O) groups excluding carboxylic acids is 1. The van der Waals surface area contributed by atoms with Crippen LogP contribution in [-0.4, -0.2) is 37.4 Å². The van der Waals surface area contributed by atoms with E-state index in [0.29, 0.717) is 0 Å². The van der Waals surface area contributed by atoms with Gasteiger partial charge in [0.05, 0.1) is 11.3 Å². The zero-order valence-corrected chi connectivity index (χ0v) is 17.9. The van der Waals surface area contributed by atoms with Crippen LogP contribution in [0.5, 0.6) is 11.5 Å². The van der Waals surface area contributed by atoms with Crippen LogP contribution in [0.2, 0.25) is 5.02 Å². The predicted molar refractivity (Wildman–Crippen MR) is 109 cm³/mol. The Labute approximate surface area is 183 Å². The number of ether oxygens (including phenoxy) is 2. The average molecular weight is 486 g/mol. The summed E-state index contributed by atoms with van der Waals surface area (Å²) in [5, 5.41) is 16.8. The number of hydrogen-bond donors (Lipinski definition) is 3. The molecule has 2 aromatic heterocycles. The highest BCUT2D eigenvalue weighted by Crippen LogP contribution is 2.38. The van der Waals surface area contributed by atoms with Crippen LogP contribution in [0.4, 0.5) is 11.6 Å². The maximum absolute atomic E-state index is 12.8. The van der Waals surface area contributed by atoms with E-state index in [1.807, 2.05) is 0 Å². The van der Waals surface area contributed by atoms with Crippen molar-refractivity contribution in [3.8, 4) is 11.5 Å². The standard InChI is InChI=1S/C17H12ClN3O8S2/c1-7-13(18)16(29-20-7)21-31(25,26)12-2-3-30-14(12)15(22)19-9-5-11-10(27-6-28-11)4-8(9)17(23)24/h2-5,21H,6H2,1H3,(H,19,22)(H,23,24). The number of benzene rings is 1. The second-order valence-corrected chi connectivity index (χ2v) is 9.09. The molecule has 0 spiro atoms. The lowest BCUT2D eigenvalue weighted by atomic mass is 10.1. The predicted octanol–water partition coefficient (Wildman–Crippen LogP) is 3.18. The summed E-state index contributed by atoms with van der Waals surface area (Å²) >= 11 is 6.79. The monoisotopic (exact) mass is 485 g/mol. The second-order valence-electron chi connectivity index (χ2n) is 6.14. The molecule has 11 nitrogen and oxygen atoms in total. The Balaban J connectivity index is 1.64. The minimum atomic E-state index is -4.26. The van der Waals surface area contributed by atoms with Crippen LogP contribution in [0.3, 0.4) is 0 Å². The van der Waals surface area contributed by atoms with Crippen LogP contribution in [0.1, 0.15) is 25.7 Å². The Morgan fingerprint density at radius 1 is 1.26 bits per heavy atom. The number of hydrogen-bond acceptors (Lipinski definition) is 9. The number of aryl methyl sites for hydroxylation is 1. The molecule has 1 aliphatic rings. The SMILES string of the molecule is Cc1noc(NS(=O)(=O)c2ccsc2C(=O)Nc2cc3c(cc2C(=O)O)OCO3)c1Cl. The Bertz CT molecular complexity index is 1310. The van der Waals surface area contributed by atoms with Crippen molar-refractivity contribution in [3.63, 3.8) is 0 Å². The van der Waals surface area contributed by atoms with E-state index in [9.17, 15) is 23.1 Å². The first kappa shape index (κ1) is 21.0. The number of thiophene rings is 1. The Kier molecular flexibility index (Phi) is 5.24. The number of rotatable bonds is 6. The summed E-state index contributed by atoms with van der Waals surface area (Å²) in [5.41, 5.74) is -0.0485. The van der Waals surface area contributed by atoms with Gasteiger partial charge in [0, 0.05) is 12.1 Å². The number of aromatic nitrogens is 1. The summed E-state index contributed by atoms with van der Waals surface area (Å²) in [7, 11) is -4.26. The van der Waals surface area contributed by atoms with Crippen molar-refractivity contribution < 1.29 is 37.1 Å². The van der Waals surface area contributed by atoms with Crippen molar-refractivity contribution >= 4 is 56.4 Å². The second kappa shape index (κ2) is 7.76. The molecule has 14 heteroatoms. The summed E-state index contributed by atoms with van der Waals surface area (Å²) in [6.07, 6.45) is 0. The molecule has 0 saturated heterocycles. The van der Waals surface area contributed by atoms with Gasteiger partial charge in [-0.2, -0.15) is 0 Å². The number of sulfonamides is 1. The van der Waals surface area contributed by atoms with E-state index >= 15 is 0 Å². The summed E-state index contributed by atoms with van der Waals surface area (Å²) in [5.74, 6) is -1.98. The lowest BCUT2D eigenvalue weighted by Gasteiger charge is -2.11. The summed E-state index contributed by atoms with van der Waals surface area (Å²) in [6, 6.07) is 3.72. The summed E-state index contributed by atoms with van der Waals surface area (Å²) in [4.78, 5) is 23.9. The number of amides is 1. The van der Waals surface area contributed by atoms with Gasteiger partial charge in [-0.15, -0.1) is 11.3 Å². The van der Waals surface area contributed by atoms with E-state index < -0.39 is 21.9 Å². The van der Waals surface area contributed by atoms with Crippen molar-refractivity contribution in [1.82, 2.24) is 5.16 Å². The van der Waals surface area contributed by atoms with Gasteiger partial charge in [-0.05, 0) is 18.4 Å². The zero-order valence-electron chi connectivity index (χ0n) is 15.5. The van der Waals surface area contributed by atoms with Crippen LogP contribution in [0, 0.1) is 6.92 Å². The van der Waals surface area contributed by atoms with Crippen LogP contribution < -0.4 is 19.5 Å². The molecule has 0 bridgehead atoms. The number of carboxylic acids is 1. The minimum absolute atomic E-state index is 0.0173. The first-order valence-corrected chi connectivity index (χ1v) is 11.1. The molecule has 1 amide bonds. The molecule has 0 saturated carbocycles. The molecule has 1 aliphatic heterocycles. The number of carboxylic acid groups (broad SMARTS) is 1. The third-order valence-electron chi connectivity index (χ3n) is 4.13. The molecule has 0 unspecified atom stereocenters. The highest BCUT2D eigenvalue weighted by molar-refractivity contribution is 7.93. The van der Waals surface area contributed by atoms with Gasteiger partial charge in [0.25, 0.3) is 21.8 Å². The van der Waals surface area contributed by atoms with Crippen molar-refractivity contribution in [2.45, 2.75) is 11.8 Å². The van der Waals surface area contributed by atoms with Crippen LogP contribution in [-0.2, 0) is 10.0 Å². The van der Waals surface area contributed by atoms with E-state index in [0.717, 1.165) is 11.3 Å². The van der Waals surface area contributed by atoms with Crippen LogP contribution >= 0.6 is 22.9 Å². The molecule has 31 heavy (non-hydrogen) atoms. The lowest BCUT2D eigenvalue weighted by Crippen LogP contribution is -2.19. The third-order valence-corrected chi connectivity index (χ3v) is 7.00. The maximum Gasteiger partial charge on any atom is 0.337 e. The zero-order chi connectivity index (χ0) is 22.3. The number of fused-ring (bicyclic) bond motifs is 1. The first-order valence-electron chi connectivity index (χ1n) is 8.37. The number of aromatic carboxylic acids is 1. The highest BCUT2D eigenvalue weighted by atomic mass is 35.5. The molecule has 4 rings (SSSR count). The maximum atomic E-state index is 12.8. The van der Waals surface area contributed by atoms with Crippen LogP contribution in [0.25, 0.3) is 0 Å². The third kappa shape index (κ3) is 3.89. The first-order chi connectivity index (χ1) is 14.7. The average Bonchev–Trinajstić information content (AvgIpc) is 3.44. The Morgan fingerprint density at radius 2 is 1.97 bits per heavy atom. The van der Waals surface area contributed by atoms with Gasteiger partial charge in [-0.1, -0.05) is 16.8 Å². The van der Waals surface area contributed by atoms with Crippen molar-refractivity contribution in [1.29, 1.82) is 0 Å². The molecule has 0 aliphatic carbocycles.